The van der Waals surface area contributed by atoms with Crippen molar-refractivity contribution in [1.29, 1.82) is 0 Å². The predicted molar refractivity (Wildman–Crippen MR) is 67.9 cm³/mol. The topological polar surface area (TPSA) is 69.8 Å². The van der Waals surface area contributed by atoms with Crippen LogP contribution in [0.2, 0.25) is 0 Å². The van der Waals surface area contributed by atoms with E-state index in [-0.39, 0.29) is 5.91 Å². The molecule has 0 atom stereocenters. The van der Waals surface area contributed by atoms with Crippen LogP contribution in [-0.2, 0) is 4.79 Å². The van der Waals surface area contributed by atoms with Crippen molar-refractivity contribution in [1.82, 2.24) is 9.80 Å². The summed E-state index contributed by atoms with van der Waals surface area (Å²) in [5, 5.41) is 10.2. The first-order valence-electron chi connectivity index (χ1n) is 7.05. The van der Waals surface area contributed by atoms with Gasteiger partial charge in [-0.3, -0.25) is 9.69 Å². The molecule has 0 aromatic heterocycles. The van der Waals surface area contributed by atoms with E-state index >= 15 is 0 Å². The summed E-state index contributed by atoms with van der Waals surface area (Å²) in [7, 11) is 0. The van der Waals surface area contributed by atoms with Crippen molar-refractivity contribution in [3.8, 4) is 0 Å². The van der Waals surface area contributed by atoms with Crippen LogP contribution >= 0.6 is 0 Å². The third kappa shape index (κ3) is 2.39. The minimum atomic E-state index is -0.556. The minimum Gasteiger partial charge on any atom is -0.386 e. The zero-order valence-electron chi connectivity index (χ0n) is 10.8. The van der Waals surface area contributed by atoms with Crippen LogP contribution in [0, 0.1) is 5.92 Å². The van der Waals surface area contributed by atoms with E-state index in [4.69, 9.17) is 5.73 Å². The first-order chi connectivity index (χ1) is 8.57. The van der Waals surface area contributed by atoms with Crippen LogP contribution in [0.5, 0.6) is 0 Å². The van der Waals surface area contributed by atoms with Gasteiger partial charge in [0.2, 0.25) is 5.91 Å². The van der Waals surface area contributed by atoms with Gasteiger partial charge in [-0.2, -0.15) is 0 Å². The van der Waals surface area contributed by atoms with Crippen molar-refractivity contribution < 1.29 is 9.90 Å². The maximum absolute atomic E-state index is 12.0. The lowest BCUT2D eigenvalue weighted by molar-refractivity contribution is -0.160. The van der Waals surface area contributed by atoms with Crippen LogP contribution in [0.1, 0.15) is 25.7 Å². The SMILES string of the molecule is NC1CCN(CC(=O)N2CC(O)(C3CC3)C2)CC1. The van der Waals surface area contributed by atoms with E-state index < -0.39 is 5.60 Å². The number of aliphatic hydroxyl groups is 1. The molecule has 0 aromatic carbocycles. The number of amides is 1. The van der Waals surface area contributed by atoms with Gasteiger partial charge in [0, 0.05) is 19.1 Å². The number of piperidine rings is 1. The van der Waals surface area contributed by atoms with Gasteiger partial charge in [-0.15, -0.1) is 0 Å². The Morgan fingerprint density at radius 2 is 1.83 bits per heavy atom. The number of carbonyl (C=O) groups excluding carboxylic acids is 1. The number of nitrogens with zero attached hydrogens (tertiary/aromatic N) is 2. The van der Waals surface area contributed by atoms with E-state index in [0.29, 0.717) is 31.6 Å². The molecule has 2 aliphatic heterocycles. The van der Waals surface area contributed by atoms with E-state index in [1.165, 1.54) is 0 Å². The largest absolute Gasteiger partial charge is 0.386 e. The van der Waals surface area contributed by atoms with E-state index in [9.17, 15) is 9.90 Å². The quantitative estimate of drug-likeness (QED) is 0.704. The Kier molecular flexibility index (Phi) is 3.08. The third-order valence-electron chi connectivity index (χ3n) is 4.61. The summed E-state index contributed by atoms with van der Waals surface area (Å²) < 4.78 is 0. The van der Waals surface area contributed by atoms with Crippen LogP contribution in [0.3, 0.4) is 0 Å². The second-order valence-corrected chi connectivity index (χ2v) is 6.24. The van der Waals surface area contributed by atoms with Gasteiger partial charge in [0.1, 0.15) is 5.60 Å². The molecule has 3 aliphatic rings. The number of carbonyl (C=O) groups is 1. The Morgan fingerprint density at radius 3 is 2.39 bits per heavy atom. The second-order valence-electron chi connectivity index (χ2n) is 6.24. The standard InChI is InChI=1S/C13H23N3O2/c14-11-3-5-15(6-4-11)7-12(17)16-8-13(18,9-16)10-1-2-10/h10-11,18H,1-9,14H2. The van der Waals surface area contributed by atoms with Crippen LogP contribution in [0.25, 0.3) is 0 Å². The Labute approximate surface area is 108 Å². The Hall–Kier alpha value is -0.650. The van der Waals surface area contributed by atoms with Gasteiger partial charge >= 0.3 is 0 Å². The normalized spacial score (nSPS) is 29.1. The van der Waals surface area contributed by atoms with Gasteiger partial charge in [0.25, 0.3) is 0 Å². The summed E-state index contributed by atoms with van der Waals surface area (Å²) in [4.78, 5) is 16.0. The van der Waals surface area contributed by atoms with E-state index in [2.05, 4.69) is 4.90 Å². The minimum absolute atomic E-state index is 0.163. The van der Waals surface area contributed by atoms with Gasteiger partial charge in [-0.1, -0.05) is 0 Å². The molecule has 5 heteroatoms. The molecule has 0 unspecified atom stereocenters. The average molecular weight is 253 g/mol. The molecule has 1 saturated carbocycles. The summed E-state index contributed by atoms with van der Waals surface area (Å²) in [6, 6.07) is 0.306. The van der Waals surface area contributed by atoms with E-state index in [1.54, 1.807) is 4.90 Å². The van der Waals surface area contributed by atoms with Gasteiger partial charge < -0.3 is 15.7 Å². The highest BCUT2D eigenvalue weighted by molar-refractivity contribution is 5.79. The summed E-state index contributed by atoms with van der Waals surface area (Å²) >= 11 is 0. The number of nitrogens with two attached hydrogens (primary N) is 1. The molecule has 2 saturated heterocycles. The van der Waals surface area contributed by atoms with Crippen LogP contribution in [0.4, 0.5) is 0 Å². The molecule has 3 fully saturated rings. The summed E-state index contributed by atoms with van der Waals surface area (Å²) in [5.74, 6) is 0.616. The predicted octanol–water partition coefficient (Wildman–Crippen LogP) is -0.607. The Balaban J connectivity index is 1.43. The number of β-amino-alcohol motifs (C(OH)–C–C–N with tert-alkyl or cyclic N) is 1. The number of likely N-dealkylation sites (tertiary alicyclic amines) is 2. The van der Waals surface area contributed by atoms with Gasteiger partial charge in [0.15, 0.2) is 0 Å². The molecule has 102 valence electrons. The Morgan fingerprint density at radius 1 is 1.22 bits per heavy atom. The molecular weight excluding hydrogens is 230 g/mol. The molecule has 0 radical (unpaired) electrons. The molecule has 2 heterocycles. The van der Waals surface area contributed by atoms with Gasteiger partial charge in [0.05, 0.1) is 19.6 Å². The zero-order valence-corrected chi connectivity index (χ0v) is 10.8. The fourth-order valence-electron chi connectivity index (χ4n) is 3.07. The van der Waals surface area contributed by atoms with Gasteiger partial charge in [-0.05, 0) is 31.6 Å². The summed E-state index contributed by atoms with van der Waals surface area (Å²) in [6.07, 6.45) is 4.23. The van der Waals surface area contributed by atoms with Crippen molar-refractivity contribution >= 4 is 5.91 Å². The van der Waals surface area contributed by atoms with Crippen LogP contribution in [0.15, 0.2) is 0 Å². The first kappa shape index (κ1) is 12.4. The fraction of sp³-hybridized carbons (Fsp3) is 0.923. The van der Waals surface area contributed by atoms with E-state index in [1.807, 2.05) is 0 Å². The third-order valence-corrected chi connectivity index (χ3v) is 4.61. The average Bonchev–Trinajstić information content (AvgIpc) is 3.12. The highest BCUT2D eigenvalue weighted by Gasteiger charge is 2.53. The molecule has 0 spiro atoms. The molecule has 1 amide bonds. The summed E-state index contributed by atoms with van der Waals surface area (Å²) in [5.41, 5.74) is 5.29. The maximum atomic E-state index is 12.0. The smallest absolute Gasteiger partial charge is 0.236 e. The monoisotopic (exact) mass is 253 g/mol. The number of hydrogen-bond donors (Lipinski definition) is 2. The molecule has 1 aliphatic carbocycles. The van der Waals surface area contributed by atoms with Crippen LogP contribution < -0.4 is 5.73 Å². The molecule has 0 aromatic rings. The van der Waals surface area contributed by atoms with E-state index in [0.717, 1.165) is 38.8 Å². The Bertz CT molecular complexity index is 329. The van der Waals surface area contributed by atoms with Crippen molar-refractivity contribution in [3.63, 3.8) is 0 Å². The molecule has 3 N–H and O–H groups in total. The maximum Gasteiger partial charge on any atom is 0.236 e. The fourth-order valence-corrected chi connectivity index (χ4v) is 3.07. The number of rotatable bonds is 3. The van der Waals surface area contributed by atoms with Crippen molar-refractivity contribution in [2.24, 2.45) is 11.7 Å². The summed E-state index contributed by atoms with van der Waals surface area (Å²) in [6.45, 7) is 3.43. The van der Waals surface area contributed by atoms with Gasteiger partial charge in [-0.25, -0.2) is 0 Å². The second kappa shape index (κ2) is 4.47. The first-order valence-corrected chi connectivity index (χ1v) is 7.05. The van der Waals surface area contributed by atoms with Crippen molar-refractivity contribution in [2.45, 2.75) is 37.3 Å². The molecular formula is C13H23N3O2. The van der Waals surface area contributed by atoms with Crippen LogP contribution in [-0.4, -0.2) is 65.2 Å². The highest BCUT2D eigenvalue weighted by Crippen LogP contribution is 2.44. The lowest BCUT2D eigenvalue weighted by Gasteiger charge is -2.47. The molecule has 5 nitrogen and oxygen atoms in total. The molecule has 0 bridgehead atoms. The lowest BCUT2D eigenvalue weighted by atomic mass is 9.88. The highest BCUT2D eigenvalue weighted by atomic mass is 16.3. The zero-order chi connectivity index (χ0) is 12.8. The molecule has 18 heavy (non-hydrogen) atoms. The molecule has 3 rings (SSSR count). The van der Waals surface area contributed by atoms with Crippen molar-refractivity contribution in [2.75, 3.05) is 32.7 Å². The van der Waals surface area contributed by atoms with Crippen molar-refractivity contribution in [3.05, 3.63) is 0 Å². The number of hydrogen-bond acceptors (Lipinski definition) is 4. The lowest BCUT2D eigenvalue weighted by Crippen LogP contribution is -2.66.